The number of carbonyl (C=O) groups excluding carboxylic acids is 1. The summed E-state index contributed by atoms with van der Waals surface area (Å²) in [5.41, 5.74) is 3.46. The Bertz CT molecular complexity index is 1260. The van der Waals surface area contributed by atoms with Crippen molar-refractivity contribution < 1.29 is 23.9 Å². The van der Waals surface area contributed by atoms with Gasteiger partial charge < -0.3 is 24.4 Å². The molecule has 188 valence electrons. The molecule has 0 aromatic heterocycles. The summed E-state index contributed by atoms with van der Waals surface area (Å²) in [6, 6.07) is 16.9. The van der Waals surface area contributed by atoms with Gasteiger partial charge in [0.15, 0.2) is 11.5 Å². The lowest BCUT2D eigenvalue weighted by Crippen LogP contribution is -2.46. The Morgan fingerprint density at radius 1 is 1.00 bits per heavy atom. The number of nitrogens with one attached hydrogen (secondary N) is 1. The van der Waals surface area contributed by atoms with E-state index in [-0.39, 0.29) is 17.8 Å². The fourth-order valence-corrected chi connectivity index (χ4v) is 4.68. The van der Waals surface area contributed by atoms with Gasteiger partial charge in [-0.15, -0.1) is 0 Å². The van der Waals surface area contributed by atoms with Gasteiger partial charge in [-0.1, -0.05) is 30.3 Å². The number of hydrogen-bond acceptors (Lipinski definition) is 6. The molecule has 0 bridgehead atoms. The van der Waals surface area contributed by atoms with E-state index in [1.807, 2.05) is 42.5 Å². The van der Waals surface area contributed by atoms with Gasteiger partial charge in [-0.05, 0) is 48.2 Å². The third-order valence-electron chi connectivity index (χ3n) is 6.48. The van der Waals surface area contributed by atoms with E-state index in [4.69, 9.17) is 14.2 Å². The number of hydrogen-bond donors (Lipinski definition) is 1. The molecule has 0 unspecified atom stereocenters. The maximum absolute atomic E-state index is 13.7. The normalized spacial score (nSPS) is 15.4. The predicted molar refractivity (Wildman–Crippen MR) is 135 cm³/mol. The second-order valence-corrected chi connectivity index (χ2v) is 8.52. The fraction of sp³-hybridized carbons (Fsp3) is 0.296. The van der Waals surface area contributed by atoms with Crippen molar-refractivity contribution in [2.45, 2.75) is 25.4 Å². The molecule has 1 aliphatic heterocycles. The third-order valence-corrected chi connectivity index (χ3v) is 6.48. The SMILES string of the molecule is COc1cc2c(cc1OC)[C@H](c1ccccc1)N(C(=O)N[C@H](C)c1cc([N+](=O)[O-])ccc1OC)CC2. The van der Waals surface area contributed by atoms with Crippen molar-refractivity contribution in [3.8, 4) is 17.2 Å². The van der Waals surface area contributed by atoms with Crippen LogP contribution in [0.2, 0.25) is 0 Å². The summed E-state index contributed by atoms with van der Waals surface area (Å²) in [4.78, 5) is 26.3. The van der Waals surface area contributed by atoms with Crippen molar-refractivity contribution in [2.75, 3.05) is 27.9 Å². The van der Waals surface area contributed by atoms with Crippen LogP contribution in [0.25, 0.3) is 0 Å². The van der Waals surface area contributed by atoms with Crippen molar-refractivity contribution in [1.82, 2.24) is 10.2 Å². The number of amides is 2. The molecule has 0 saturated heterocycles. The fourth-order valence-electron chi connectivity index (χ4n) is 4.68. The van der Waals surface area contributed by atoms with Crippen LogP contribution in [0.15, 0.2) is 60.7 Å². The van der Waals surface area contributed by atoms with Crippen molar-refractivity contribution >= 4 is 11.7 Å². The lowest BCUT2D eigenvalue weighted by atomic mass is 9.88. The Balaban J connectivity index is 1.70. The molecule has 0 spiro atoms. The highest BCUT2D eigenvalue weighted by molar-refractivity contribution is 5.77. The molecule has 3 aromatic carbocycles. The number of ether oxygens (including phenoxy) is 3. The molecule has 9 heteroatoms. The van der Waals surface area contributed by atoms with Gasteiger partial charge in [-0.25, -0.2) is 4.79 Å². The summed E-state index contributed by atoms with van der Waals surface area (Å²) in [7, 11) is 4.68. The average molecular weight is 492 g/mol. The topological polar surface area (TPSA) is 103 Å². The molecule has 0 fully saturated rings. The molecule has 1 N–H and O–H groups in total. The van der Waals surface area contributed by atoms with Gasteiger partial charge in [0.05, 0.1) is 38.3 Å². The van der Waals surface area contributed by atoms with Crippen LogP contribution in [0.4, 0.5) is 10.5 Å². The number of nitrogens with zero attached hydrogens (tertiary/aromatic N) is 2. The zero-order valence-corrected chi connectivity index (χ0v) is 20.7. The highest BCUT2D eigenvalue weighted by Crippen LogP contribution is 2.41. The quantitative estimate of drug-likeness (QED) is 0.367. The van der Waals surface area contributed by atoms with E-state index in [0.717, 1.165) is 16.7 Å². The van der Waals surface area contributed by atoms with Gasteiger partial charge >= 0.3 is 6.03 Å². The van der Waals surface area contributed by atoms with Crippen LogP contribution >= 0.6 is 0 Å². The Hall–Kier alpha value is -4.27. The minimum atomic E-state index is -0.532. The third kappa shape index (κ3) is 4.77. The molecule has 36 heavy (non-hydrogen) atoms. The van der Waals surface area contributed by atoms with Crippen LogP contribution in [0.1, 0.15) is 41.3 Å². The average Bonchev–Trinajstić information content (AvgIpc) is 2.91. The largest absolute Gasteiger partial charge is 0.496 e. The maximum Gasteiger partial charge on any atom is 0.318 e. The molecule has 0 radical (unpaired) electrons. The first-order valence-corrected chi connectivity index (χ1v) is 11.6. The molecule has 2 atom stereocenters. The van der Waals surface area contributed by atoms with Crippen molar-refractivity contribution in [3.05, 3.63) is 93.0 Å². The summed E-state index contributed by atoms with van der Waals surface area (Å²) < 4.78 is 16.4. The Kier molecular flexibility index (Phi) is 7.28. The highest BCUT2D eigenvalue weighted by Gasteiger charge is 2.34. The van der Waals surface area contributed by atoms with Gasteiger partial charge in [0.2, 0.25) is 0 Å². The Morgan fingerprint density at radius 3 is 2.31 bits per heavy atom. The molecular weight excluding hydrogens is 462 g/mol. The number of nitro benzene ring substituents is 1. The predicted octanol–water partition coefficient (Wildman–Crippen LogP) is 5.04. The Labute approximate surface area is 209 Å². The first-order chi connectivity index (χ1) is 17.4. The molecular formula is C27H29N3O6. The number of urea groups is 1. The molecule has 0 saturated carbocycles. The van der Waals surface area contributed by atoms with Crippen LogP contribution in [0.5, 0.6) is 17.2 Å². The lowest BCUT2D eigenvalue weighted by Gasteiger charge is -2.38. The smallest absolute Gasteiger partial charge is 0.318 e. The van der Waals surface area contributed by atoms with E-state index in [0.29, 0.717) is 35.8 Å². The van der Waals surface area contributed by atoms with E-state index in [9.17, 15) is 14.9 Å². The summed E-state index contributed by atoms with van der Waals surface area (Å²) >= 11 is 0. The van der Waals surface area contributed by atoms with Crippen LogP contribution in [-0.2, 0) is 6.42 Å². The minimum Gasteiger partial charge on any atom is -0.496 e. The van der Waals surface area contributed by atoms with E-state index < -0.39 is 11.0 Å². The van der Waals surface area contributed by atoms with Crippen molar-refractivity contribution in [3.63, 3.8) is 0 Å². The molecule has 2 amide bonds. The first-order valence-electron chi connectivity index (χ1n) is 11.6. The number of benzene rings is 3. The number of rotatable bonds is 7. The van der Waals surface area contributed by atoms with Crippen LogP contribution in [0.3, 0.4) is 0 Å². The lowest BCUT2D eigenvalue weighted by molar-refractivity contribution is -0.385. The van der Waals surface area contributed by atoms with Crippen molar-refractivity contribution in [2.24, 2.45) is 0 Å². The number of nitro groups is 1. The number of methoxy groups -OCH3 is 3. The van der Waals surface area contributed by atoms with Crippen LogP contribution < -0.4 is 19.5 Å². The maximum atomic E-state index is 13.7. The summed E-state index contributed by atoms with van der Waals surface area (Å²) in [6.07, 6.45) is 0.640. The zero-order chi connectivity index (χ0) is 25.8. The summed E-state index contributed by atoms with van der Waals surface area (Å²) in [5.74, 6) is 1.70. The zero-order valence-electron chi connectivity index (χ0n) is 20.7. The summed E-state index contributed by atoms with van der Waals surface area (Å²) in [6.45, 7) is 2.26. The standard InChI is InChI=1S/C27H29N3O6/c1-17(21-15-20(30(32)33)10-11-23(21)34-2)28-27(31)29-13-12-19-14-24(35-3)25(36-4)16-22(19)26(29)18-8-6-5-7-9-18/h5-11,14-17,26H,12-13H2,1-4H3,(H,28,31)/t17-,26+/m1/s1. The first kappa shape index (κ1) is 24.8. The molecule has 1 heterocycles. The molecule has 4 rings (SSSR count). The second-order valence-electron chi connectivity index (χ2n) is 8.52. The van der Waals surface area contributed by atoms with E-state index in [1.54, 1.807) is 32.1 Å². The number of non-ortho nitro benzene ring substituents is 1. The summed E-state index contributed by atoms with van der Waals surface area (Å²) in [5, 5.41) is 14.3. The second kappa shape index (κ2) is 10.6. The van der Waals surface area contributed by atoms with Gasteiger partial charge in [0, 0.05) is 24.2 Å². The van der Waals surface area contributed by atoms with E-state index >= 15 is 0 Å². The van der Waals surface area contributed by atoms with E-state index in [1.165, 1.54) is 19.2 Å². The number of carbonyl (C=O) groups is 1. The minimum absolute atomic E-state index is 0.0676. The van der Waals surface area contributed by atoms with Crippen LogP contribution in [0, 0.1) is 10.1 Å². The highest BCUT2D eigenvalue weighted by atomic mass is 16.6. The molecule has 0 aliphatic carbocycles. The molecule has 1 aliphatic rings. The molecule has 3 aromatic rings. The van der Waals surface area contributed by atoms with E-state index in [2.05, 4.69) is 5.32 Å². The number of fused-ring (bicyclic) bond motifs is 1. The van der Waals surface area contributed by atoms with Crippen LogP contribution in [-0.4, -0.2) is 43.7 Å². The molecule has 9 nitrogen and oxygen atoms in total. The van der Waals surface area contributed by atoms with Gasteiger partial charge in [-0.2, -0.15) is 0 Å². The van der Waals surface area contributed by atoms with Gasteiger partial charge in [0.1, 0.15) is 5.75 Å². The van der Waals surface area contributed by atoms with Gasteiger partial charge in [-0.3, -0.25) is 10.1 Å². The Morgan fingerprint density at radius 2 is 1.67 bits per heavy atom. The van der Waals surface area contributed by atoms with Crippen molar-refractivity contribution in [1.29, 1.82) is 0 Å². The van der Waals surface area contributed by atoms with Gasteiger partial charge in [0.25, 0.3) is 5.69 Å². The monoisotopic (exact) mass is 491 g/mol.